The standard InChI is InChI=1S/C22H18F2N6O3/c1-22(20(32)29-21(33)30-22)10-5-7-11(8-6-10)26-18-16-14(9-25-19(16)31)27-17(28-18)15-12(23)3-2-4-13(15)24/h2-8,21,30,33H,9H2,1H3,(H,25,31)(H,29,32)(H,26,27,28)/t21?,22-/m0/s1. The fourth-order valence-electron chi connectivity index (χ4n) is 3.92. The SMILES string of the molecule is C[C@@]1(c2ccc(Nc3nc(-c4c(F)cccc4F)nc4c3C(=O)NC4)cc2)NC(O)NC1=O. The molecule has 0 radical (unpaired) electrons. The van der Waals surface area contributed by atoms with Gasteiger partial charge in [-0.25, -0.2) is 18.7 Å². The van der Waals surface area contributed by atoms with E-state index in [4.69, 9.17) is 0 Å². The number of carbonyl (C=O) groups is 2. The van der Waals surface area contributed by atoms with Crippen molar-refractivity contribution in [1.29, 1.82) is 0 Å². The van der Waals surface area contributed by atoms with Gasteiger partial charge in [-0.2, -0.15) is 0 Å². The van der Waals surface area contributed by atoms with Crippen molar-refractivity contribution in [3.63, 3.8) is 0 Å². The number of halogens is 2. The van der Waals surface area contributed by atoms with E-state index in [9.17, 15) is 23.5 Å². The van der Waals surface area contributed by atoms with Gasteiger partial charge in [0.25, 0.3) is 5.91 Å². The van der Waals surface area contributed by atoms with E-state index in [2.05, 4.69) is 31.2 Å². The molecule has 3 heterocycles. The molecule has 0 aliphatic carbocycles. The van der Waals surface area contributed by atoms with Crippen LogP contribution in [0.2, 0.25) is 0 Å². The molecule has 2 atom stereocenters. The number of nitrogens with zero attached hydrogens (tertiary/aromatic N) is 2. The van der Waals surface area contributed by atoms with Gasteiger partial charge in [-0.15, -0.1) is 0 Å². The number of aromatic nitrogens is 2. The van der Waals surface area contributed by atoms with Crippen molar-refractivity contribution in [2.75, 3.05) is 5.32 Å². The molecule has 0 spiro atoms. The maximum absolute atomic E-state index is 14.3. The second-order valence-electron chi connectivity index (χ2n) is 7.84. The minimum atomic E-state index is -1.15. The lowest BCUT2D eigenvalue weighted by Crippen LogP contribution is -2.41. The minimum Gasteiger partial charge on any atom is -0.361 e. The lowest BCUT2D eigenvalue weighted by molar-refractivity contribution is -0.124. The Hall–Kier alpha value is -3.96. The molecule has 0 bridgehead atoms. The summed E-state index contributed by atoms with van der Waals surface area (Å²) in [5, 5.41) is 20.5. The molecular formula is C22H18F2N6O3. The summed E-state index contributed by atoms with van der Waals surface area (Å²) in [7, 11) is 0. The largest absolute Gasteiger partial charge is 0.361 e. The minimum absolute atomic E-state index is 0.0961. The van der Waals surface area contributed by atoms with Crippen LogP contribution in [0.1, 0.15) is 28.5 Å². The number of fused-ring (bicyclic) bond motifs is 1. The van der Waals surface area contributed by atoms with Crippen molar-refractivity contribution >= 4 is 23.3 Å². The fourth-order valence-corrected chi connectivity index (χ4v) is 3.92. The van der Waals surface area contributed by atoms with Crippen LogP contribution in [0.3, 0.4) is 0 Å². The van der Waals surface area contributed by atoms with Gasteiger partial charge in [-0.1, -0.05) is 18.2 Å². The monoisotopic (exact) mass is 452 g/mol. The molecule has 9 nitrogen and oxygen atoms in total. The Labute approximate surface area is 186 Å². The van der Waals surface area contributed by atoms with E-state index in [-0.39, 0.29) is 35.2 Å². The summed E-state index contributed by atoms with van der Waals surface area (Å²) in [6.45, 7) is 1.74. The van der Waals surface area contributed by atoms with E-state index in [1.54, 1.807) is 31.2 Å². The van der Waals surface area contributed by atoms with Crippen LogP contribution in [0.4, 0.5) is 20.3 Å². The van der Waals surface area contributed by atoms with Gasteiger partial charge in [0.05, 0.1) is 17.8 Å². The number of amides is 2. The molecular weight excluding hydrogens is 434 g/mol. The maximum atomic E-state index is 14.3. The highest BCUT2D eigenvalue weighted by molar-refractivity contribution is 6.03. The Morgan fingerprint density at radius 3 is 2.39 bits per heavy atom. The highest BCUT2D eigenvalue weighted by Gasteiger charge is 2.43. The number of aliphatic hydroxyl groups is 1. The molecule has 1 fully saturated rings. The summed E-state index contributed by atoms with van der Waals surface area (Å²) in [4.78, 5) is 33.0. The average Bonchev–Trinajstić information content (AvgIpc) is 3.27. The van der Waals surface area contributed by atoms with E-state index in [0.29, 0.717) is 16.9 Å². The van der Waals surface area contributed by atoms with Crippen LogP contribution in [0, 0.1) is 11.6 Å². The molecule has 2 aliphatic rings. The van der Waals surface area contributed by atoms with Gasteiger partial charge >= 0.3 is 0 Å². The Balaban J connectivity index is 1.52. The second kappa shape index (κ2) is 7.57. The van der Waals surface area contributed by atoms with Crippen LogP contribution < -0.4 is 21.3 Å². The molecule has 1 unspecified atom stereocenters. The molecule has 33 heavy (non-hydrogen) atoms. The maximum Gasteiger partial charge on any atom is 0.257 e. The fraction of sp³-hybridized carbons (Fsp3) is 0.182. The number of carbonyl (C=O) groups excluding carboxylic acids is 2. The molecule has 11 heteroatoms. The predicted octanol–water partition coefficient (Wildman–Crippen LogP) is 1.62. The quantitative estimate of drug-likeness (QED) is 0.407. The van der Waals surface area contributed by atoms with Gasteiger partial charge in [-0.05, 0) is 36.8 Å². The van der Waals surface area contributed by atoms with E-state index >= 15 is 0 Å². The van der Waals surface area contributed by atoms with Gasteiger partial charge in [0, 0.05) is 5.69 Å². The molecule has 1 saturated heterocycles. The Morgan fingerprint density at radius 2 is 1.76 bits per heavy atom. The first kappa shape index (κ1) is 20.9. The molecule has 2 amide bonds. The number of anilines is 2. The summed E-state index contributed by atoms with van der Waals surface area (Å²) in [5.41, 5.74) is 0.113. The normalized spacial score (nSPS) is 21.5. The van der Waals surface area contributed by atoms with Gasteiger partial charge < -0.3 is 21.1 Å². The summed E-state index contributed by atoms with van der Waals surface area (Å²) >= 11 is 0. The number of benzene rings is 2. The third kappa shape index (κ3) is 3.47. The Kier molecular flexibility index (Phi) is 4.80. The van der Waals surface area contributed by atoms with Crippen molar-refractivity contribution in [3.05, 3.63) is 70.9 Å². The van der Waals surface area contributed by atoms with Crippen LogP contribution >= 0.6 is 0 Å². The van der Waals surface area contributed by atoms with Crippen LogP contribution in [-0.2, 0) is 16.9 Å². The number of rotatable bonds is 4. The van der Waals surface area contributed by atoms with E-state index in [1.165, 1.54) is 6.07 Å². The van der Waals surface area contributed by atoms with Gasteiger partial charge in [0.1, 0.15) is 28.6 Å². The van der Waals surface area contributed by atoms with Crippen molar-refractivity contribution < 1.29 is 23.5 Å². The van der Waals surface area contributed by atoms with Crippen molar-refractivity contribution in [3.8, 4) is 11.4 Å². The highest BCUT2D eigenvalue weighted by Crippen LogP contribution is 2.31. The molecule has 2 aliphatic heterocycles. The first-order valence-corrected chi connectivity index (χ1v) is 10.0. The second-order valence-corrected chi connectivity index (χ2v) is 7.84. The van der Waals surface area contributed by atoms with Crippen molar-refractivity contribution in [2.24, 2.45) is 0 Å². The topological polar surface area (TPSA) is 128 Å². The van der Waals surface area contributed by atoms with Crippen LogP contribution in [0.5, 0.6) is 0 Å². The Bertz CT molecular complexity index is 1280. The third-order valence-electron chi connectivity index (χ3n) is 5.69. The van der Waals surface area contributed by atoms with Crippen LogP contribution in [-0.4, -0.2) is 33.2 Å². The zero-order valence-corrected chi connectivity index (χ0v) is 17.2. The van der Waals surface area contributed by atoms with E-state index < -0.39 is 29.4 Å². The summed E-state index contributed by atoms with van der Waals surface area (Å²) in [5.74, 6) is -2.51. The van der Waals surface area contributed by atoms with Gasteiger partial charge in [0.2, 0.25) is 5.91 Å². The smallest absolute Gasteiger partial charge is 0.257 e. The molecule has 2 aromatic carbocycles. The number of hydrogen-bond donors (Lipinski definition) is 5. The van der Waals surface area contributed by atoms with Gasteiger partial charge in [-0.3, -0.25) is 14.9 Å². The highest BCUT2D eigenvalue weighted by atomic mass is 19.1. The van der Waals surface area contributed by atoms with E-state index in [1.807, 2.05) is 0 Å². The summed E-state index contributed by atoms with van der Waals surface area (Å²) < 4.78 is 28.7. The molecule has 3 aromatic rings. The molecule has 1 aromatic heterocycles. The predicted molar refractivity (Wildman–Crippen MR) is 113 cm³/mol. The number of hydrogen-bond acceptors (Lipinski definition) is 7. The summed E-state index contributed by atoms with van der Waals surface area (Å²) in [6, 6.07) is 10.1. The number of aliphatic hydroxyl groups excluding tert-OH is 1. The zero-order valence-electron chi connectivity index (χ0n) is 17.2. The molecule has 0 saturated carbocycles. The van der Waals surface area contributed by atoms with Crippen molar-refractivity contribution in [2.45, 2.75) is 25.4 Å². The first-order valence-electron chi connectivity index (χ1n) is 10.0. The molecule has 5 N–H and O–H groups in total. The van der Waals surface area contributed by atoms with E-state index in [0.717, 1.165) is 12.1 Å². The van der Waals surface area contributed by atoms with Gasteiger partial charge in [0.15, 0.2) is 12.2 Å². The Morgan fingerprint density at radius 1 is 1.06 bits per heavy atom. The lowest BCUT2D eigenvalue weighted by Gasteiger charge is -2.22. The van der Waals surface area contributed by atoms with Crippen LogP contribution in [0.15, 0.2) is 42.5 Å². The molecule has 5 rings (SSSR count). The zero-order chi connectivity index (χ0) is 23.3. The first-order chi connectivity index (χ1) is 15.8. The average molecular weight is 452 g/mol. The molecule has 168 valence electrons. The van der Waals surface area contributed by atoms with Crippen molar-refractivity contribution in [1.82, 2.24) is 25.9 Å². The lowest BCUT2D eigenvalue weighted by atomic mass is 9.92. The number of nitrogens with one attached hydrogen (secondary N) is 4. The summed E-state index contributed by atoms with van der Waals surface area (Å²) in [6.07, 6.45) is -1.15. The van der Waals surface area contributed by atoms with Crippen LogP contribution in [0.25, 0.3) is 11.4 Å². The third-order valence-corrected chi connectivity index (χ3v) is 5.69.